The number of rotatable bonds is 2. The Balaban J connectivity index is 1.85. The summed E-state index contributed by atoms with van der Waals surface area (Å²) in [6.07, 6.45) is 0. The van der Waals surface area contributed by atoms with Crippen molar-refractivity contribution >= 4 is 84.3 Å². The van der Waals surface area contributed by atoms with Gasteiger partial charge in [0.2, 0.25) is 0 Å². The van der Waals surface area contributed by atoms with Crippen LogP contribution in [0.4, 0.5) is 0 Å². The van der Waals surface area contributed by atoms with Crippen LogP contribution < -0.4 is 4.74 Å². The lowest BCUT2D eigenvalue weighted by molar-refractivity contribution is 0.350. The zero-order valence-corrected chi connectivity index (χ0v) is 14.8. The maximum atomic E-state index is 9.70. The van der Waals surface area contributed by atoms with Gasteiger partial charge in [0.05, 0.1) is 25.4 Å². The van der Waals surface area contributed by atoms with Crippen LogP contribution in [0.5, 0.6) is 10.1 Å². The maximum Gasteiger partial charge on any atom is 0.175 e. The van der Waals surface area contributed by atoms with Gasteiger partial charge >= 0.3 is 0 Å². The molecular weight excluding hydrogens is 352 g/mol. The number of hydrogen-bond donors (Lipinski definition) is 1. The third-order valence-electron chi connectivity index (χ3n) is 3.66. The molecule has 0 bridgehead atoms. The largest absolute Gasteiger partial charge is 0.499 e. The second kappa shape index (κ2) is 4.58. The lowest BCUT2D eigenvalue weighted by Gasteiger charge is -1.96. The first-order valence-electron chi connectivity index (χ1n) is 6.87. The first-order chi connectivity index (χ1) is 10.7. The van der Waals surface area contributed by atoms with Gasteiger partial charge in [0.15, 0.2) is 10.1 Å². The highest BCUT2D eigenvalue weighted by atomic mass is 32.1. The zero-order chi connectivity index (χ0) is 14.8. The number of benzene rings is 1. The molecule has 0 aliphatic rings. The van der Waals surface area contributed by atoms with Crippen LogP contribution in [0, 0.1) is 0 Å². The molecule has 0 aliphatic heterocycles. The fraction of sp³-hybridized carbons (Fsp3) is 0.125. The van der Waals surface area contributed by atoms with Crippen molar-refractivity contribution in [3.8, 4) is 10.1 Å². The van der Waals surface area contributed by atoms with Crippen molar-refractivity contribution in [1.82, 2.24) is 0 Å². The van der Waals surface area contributed by atoms with E-state index in [0.29, 0.717) is 11.7 Å². The molecule has 5 rings (SSSR count). The zero-order valence-electron chi connectivity index (χ0n) is 11.5. The normalized spacial score (nSPS) is 12.2. The number of hydrogen-bond acceptors (Lipinski definition) is 6. The summed E-state index contributed by atoms with van der Waals surface area (Å²) in [5.41, 5.74) is 0. The van der Waals surface area contributed by atoms with E-state index in [1.54, 1.807) is 22.7 Å². The number of ether oxygens (including phenoxy) is 1. The Morgan fingerprint density at radius 2 is 1.45 bits per heavy atom. The fourth-order valence-corrected chi connectivity index (χ4v) is 7.48. The van der Waals surface area contributed by atoms with Crippen LogP contribution in [0.3, 0.4) is 0 Å². The predicted octanol–water partition coefficient (Wildman–Crippen LogP) is 6.65. The monoisotopic (exact) mass is 362 g/mol. The first-order valence-corrected chi connectivity index (χ1v) is 10.1. The fourth-order valence-electron chi connectivity index (χ4n) is 2.78. The van der Waals surface area contributed by atoms with E-state index in [1.807, 2.05) is 24.3 Å². The predicted molar refractivity (Wildman–Crippen MR) is 101 cm³/mol. The topological polar surface area (TPSA) is 29.5 Å². The highest BCUT2D eigenvalue weighted by Crippen LogP contribution is 2.48. The molecule has 0 saturated heterocycles. The molecule has 0 spiro atoms. The van der Waals surface area contributed by atoms with Gasteiger partial charge in [0.25, 0.3) is 0 Å². The molecule has 110 valence electrons. The molecule has 0 radical (unpaired) electrons. The second-order valence-corrected chi connectivity index (χ2v) is 9.23. The molecule has 1 N–H and O–H groups in total. The molecule has 6 heteroatoms. The minimum Gasteiger partial charge on any atom is -0.499 e. The number of thiophene rings is 4. The van der Waals surface area contributed by atoms with Gasteiger partial charge in [0, 0.05) is 32.3 Å². The van der Waals surface area contributed by atoms with Gasteiger partial charge in [0.1, 0.15) is 0 Å². The molecular formula is C16H10O2S4. The molecule has 0 saturated carbocycles. The highest BCUT2D eigenvalue weighted by molar-refractivity contribution is 7.35. The summed E-state index contributed by atoms with van der Waals surface area (Å²) in [7, 11) is 0. The molecule has 1 aromatic carbocycles. The molecule has 0 amide bonds. The van der Waals surface area contributed by atoms with E-state index in [4.69, 9.17) is 4.74 Å². The summed E-state index contributed by atoms with van der Waals surface area (Å²) in [5.74, 6) is 0. The molecule has 0 fully saturated rings. The molecule has 0 unspecified atom stereocenters. The maximum absolute atomic E-state index is 9.70. The molecule has 5 aromatic rings. The van der Waals surface area contributed by atoms with E-state index >= 15 is 0 Å². The quantitative estimate of drug-likeness (QED) is 0.381. The Morgan fingerprint density at radius 1 is 0.818 bits per heavy atom. The van der Waals surface area contributed by atoms with Gasteiger partial charge in [-0.05, 0) is 19.1 Å². The van der Waals surface area contributed by atoms with Gasteiger partial charge in [-0.1, -0.05) is 22.7 Å². The molecule has 22 heavy (non-hydrogen) atoms. The highest BCUT2D eigenvalue weighted by Gasteiger charge is 2.15. The van der Waals surface area contributed by atoms with Gasteiger partial charge < -0.3 is 9.84 Å². The van der Waals surface area contributed by atoms with Gasteiger partial charge in [-0.25, -0.2) is 0 Å². The van der Waals surface area contributed by atoms with Crippen molar-refractivity contribution < 1.29 is 9.84 Å². The van der Waals surface area contributed by atoms with E-state index < -0.39 is 0 Å². The third-order valence-corrected chi connectivity index (χ3v) is 8.17. The van der Waals surface area contributed by atoms with Crippen LogP contribution in [0.25, 0.3) is 39.0 Å². The molecule has 2 nitrogen and oxygen atoms in total. The summed E-state index contributed by atoms with van der Waals surface area (Å²) in [5, 5.41) is 13.7. The van der Waals surface area contributed by atoms with Crippen molar-refractivity contribution in [2.45, 2.75) is 6.92 Å². The molecule has 0 aliphatic carbocycles. The summed E-state index contributed by atoms with van der Waals surface area (Å²) >= 11 is 6.78. The smallest absolute Gasteiger partial charge is 0.175 e. The van der Waals surface area contributed by atoms with Crippen molar-refractivity contribution in [2.24, 2.45) is 0 Å². The van der Waals surface area contributed by atoms with Crippen LogP contribution in [-0.4, -0.2) is 11.7 Å². The van der Waals surface area contributed by atoms with Crippen LogP contribution in [-0.2, 0) is 0 Å². The van der Waals surface area contributed by atoms with E-state index in [-0.39, 0.29) is 0 Å². The Bertz CT molecular complexity index is 1160. The summed E-state index contributed by atoms with van der Waals surface area (Å²) in [6, 6.07) is 8.59. The van der Waals surface area contributed by atoms with Gasteiger partial charge in [-0.15, -0.1) is 22.7 Å². The molecule has 4 heterocycles. The minimum absolute atomic E-state index is 0.400. The van der Waals surface area contributed by atoms with Gasteiger partial charge in [-0.3, -0.25) is 0 Å². The summed E-state index contributed by atoms with van der Waals surface area (Å²) in [6.45, 7) is 2.73. The lowest BCUT2D eigenvalue weighted by Crippen LogP contribution is -1.86. The van der Waals surface area contributed by atoms with E-state index in [9.17, 15) is 5.11 Å². The Morgan fingerprint density at radius 3 is 2.14 bits per heavy atom. The van der Waals surface area contributed by atoms with Crippen LogP contribution >= 0.6 is 45.3 Å². The van der Waals surface area contributed by atoms with Crippen molar-refractivity contribution in [1.29, 1.82) is 0 Å². The van der Waals surface area contributed by atoms with Crippen molar-refractivity contribution in [2.75, 3.05) is 6.61 Å². The Labute approximate surface area is 141 Å². The van der Waals surface area contributed by atoms with E-state index in [0.717, 1.165) is 5.06 Å². The van der Waals surface area contributed by atoms with Crippen LogP contribution in [0.1, 0.15) is 6.92 Å². The average molecular weight is 363 g/mol. The third kappa shape index (κ3) is 1.75. The Kier molecular flexibility index (Phi) is 2.73. The second-order valence-electron chi connectivity index (χ2n) is 5.02. The molecule has 4 aromatic heterocycles. The average Bonchev–Trinajstić information content (AvgIpc) is 3.16. The standard InChI is InChI=1S/C16H10O2S4/c1-2-18-14-6-12-16(22-14)8-4-9-7(3-10(8)20-12)15-11(19-9)5-13(17)21-15/h3-6,17H,2H2,1H3. The van der Waals surface area contributed by atoms with Gasteiger partial charge in [-0.2, -0.15) is 0 Å². The van der Waals surface area contributed by atoms with Crippen molar-refractivity contribution in [3.05, 3.63) is 24.3 Å². The SMILES string of the molecule is CCOc1cc2sc3cc4c(cc3c2s1)sc1cc(O)sc14. The number of aromatic hydroxyl groups is 1. The molecule has 0 atom stereocenters. The lowest BCUT2D eigenvalue weighted by atomic mass is 10.2. The Hall–Kier alpha value is -1.34. The first kappa shape index (κ1) is 13.1. The summed E-state index contributed by atoms with van der Waals surface area (Å²) in [4.78, 5) is 0. The summed E-state index contributed by atoms with van der Waals surface area (Å²) < 4.78 is 13.2. The number of fused-ring (bicyclic) bond motifs is 6. The van der Waals surface area contributed by atoms with Crippen LogP contribution in [0.2, 0.25) is 0 Å². The van der Waals surface area contributed by atoms with Crippen molar-refractivity contribution in [3.63, 3.8) is 0 Å². The minimum atomic E-state index is 0.400. The van der Waals surface area contributed by atoms with Crippen LogP contribution in [0.15, 0.2) is 24.3 Å². The van der Waals surface area contributed by atoms with E-state index in [2.05, 4.69) is 18.2 Å². The van der Waals surface area contributed by atoms with E-state index in [1.165, 1.54) is 50.3 Å².